The van der Waals surface area contributed by atoms with E-state index in [2.05, 4.69) is 22.1 Å². The van der Waals surface area contributed by atoms with Crippen LogP contribution in [0, 0.1) is 35.0 Å². The van der Waals surface area contributed by atoms with Gasteiger partial charge < -0.3 is 5.32 Å². The maximum atomic E-state index is 11.9. The van der Waals surface area contributed by atoms with Crippen molar-refractivity contribution in [1.82, 2.24) is 10.3 Å². The number of rotatable bonds is 3. The highest BCUT2D eigenvalue weighted by atomic mass is 16.1. The van der Waals surface area contributed by atoms with Crippen LogP contribution in [0.4, 0.5) is 0 Å². The van der Waals surface area contributed by atoms with Crippen LogP contribution in [0.5, 0.6) is 0 Å². The van der Waals surface area contributed by atoms with E-state index in [4.69, 9.17) is 0 Å². The van der Waals surface area contributed by atoms with Gasteiger partial charge in [0.25, 0.3) is 0 Å². The highest BCUT2D eigenvalue weighted by Crippen LogP contribution is 2.59. The molecule has 1 heterocycles. The lowest BCUT2D eigenvalue weighted by Crippen LogP contribution is -2.45. The van der Waals surface area contributed by atoms with Crippen LogP contribution in [0.15, 0.2) is 30.6 Å². The van der Waals surface area contributed by atoms with Crippen molar-refractivity contribution in [2.75, 3.05) is 6.54 Å². The first-order chi connectivity index (χ1) is 11.7. The van der Waals surface area contributed by atoms with Crippen LogP contribution < -0.4 is 5.32 Å². The molecule has 0 atom stereocenters. The Morgan fingerprint density at radius 1 is 1.25 bits per heavy atom. The molecule has 0 saturated heterocycles. The molecule has 0 radical (unpaired) electrons. The van der Waals surface area contributed by atoms with Crippen molar-refractivity contribution < 1.29 is 4.79 Å². The Morgan fingerprint density at radius 2 is 1.96 bits per heavy atom. The van der Waals surface area contributed by atoms with E-state index in [0.29, 0.717) is 6.54 Å². The molecule has 1 aromatic heterocycles. The van der Waals surface area contributed by atoms with E-state index < -0.39 is 0 Å². The first-order valence-electron chi connectivity index (χ1n) is 9.07. The average Bonchev–Trinajstić information content (AvgIpc) is 2.57. The SMILES string of the molecule is O=C(C=Cc1cccnc1)NCC#CC12CC3CC(CC(C3)C1)C2. The van der Waals surface area contributed by atoms with Crippen molar-refractivity contribution in [2.45, 2.75) is 38.5 Å². The molecule has 3 nitrogen and oxygen atoms in total. The number of nitrogens with one attached hydrogen (secondary N) is 1. The maximum absolute atomic E-state index is 11.9. The van der Waals surface area contributed by atoms with Crippen molar-refractivity contribution in [3.63, 3.8) is 0 Å². The fourth-order valence-corrected chi connectivity index (χ4v) is 5.33. The second kappa shape index (κ2) is 6.43. The van der Waals surface area contributed by atoms with Crippen molar-refractivity contribution in [3.05, 3.63) is 36.2 Å². The minimum Gasteiger partial charge on any atom is -0.342 e. The minimum absolute atomic E-state index is 0.0985. The molecule has 0 unspecified atom stereocenters. The van der Waals surface area contributed by atoms with E-state index in [-0.39, 0.29) is 11.3 Å². The van der Waals surface area contributed by atoms with Crippen molar-refractivity contribution in [2.24, 2.45) is 23.2 Å². The summed E-state index contributed by atoms with van der Waals surface area (Å²) in [5, 5.41) is 2.87. The van der Waals surface area contributed by atoms with Crippen LogP contribution in [0.1, 0.15) is 44.1 Å². The molecule has 4 aliphatic carbocycles. The fraction of sp³-hybridized carbons (Fsp3) is 0.524. The van der Waals surface area contributed by atoms with Gasteiger partial charge in [0.2, 0.25) is 5.91 Å². The van der Waals surface area contributed by atoms with E-state index in [1.54, 1.807) is 24.5 Å². The molecule has 0 spiro atoms. The van der Waals surface area contributed by atoms with Crippen molar-refractivity contribution >= 4 is 12.0 Å². The zero-order chi connectivity index (χ0) is 16.4. The summed E-state index contributed by atoms with van der Waals surface area (Å²) in [7, 11) is 0. The fourth-order valence-electron chi connectivity index (χ4n) is 5.33. The summed E-state index contributed by atoms with van der Waals surface area (Å²) in [5.74, 6) is 9.46. The molecule has 124 valence electrons. The maximum Gasteiger partial charge on any atom is 0.244 e. The molecule has 0 aliphatic heterocycles. The van der Waals surface area contributed by atoms with Gasteiger partial charge in [-0.15, -0.1) is 0 Å². The minimum atomic E-state index is -0.0985. The molecule has 1 amide bonds. The van der Waals surface area contributed by atoms with Gasteiger partial charge in [0.05, 0.1) is 6.54 Å². The molecule has 3 heteroatoms. The van der Waals surface area contributed by atoms with Crippen LogP contribution in [0.25, 0.3) is 6.08 Å². The Kier molecular flexibility index (Phi) is 4.14. The molecule has 5 rings (SSSR count). The Balaban J connectivity index is 1.30. The second-order valence-electron chi connectivity index (χ2n) is 7.84. The lowest BCUT2D eigenvalue weighted by Gasteiger charge is -2.54. The molecule has 1 N–H and O–H groups in total. The van der Waals surface area contributed by atoms with E-state index >= 15 is 0 Å². The monoisotopic (exact) mass is 320 g/mol. The molecule has 24 heavy (non-hydrogen) atoms. The van der Waals surface area contributed by atoms with Crippen molar-refractivity contribution in [1.29, 1.82) is 0 Å². The number of hydrogen-bond acceptors (Lipinski definition) is 2. The highest BCUT2D eigenvalue weighted by Gasteiger charge is 2.50. The van der Waals surface area contributed by atoms with Crippen LogP contribution in [0.2, 0.25) is 0 Å². The lowest BCUT2D eigenvalue weighted by molar-refractivity contribution is -0.116. The number of nitrogens with zero attached hydrogens (tertiary/aromatic N) is 1. The topological polar surface area (TPSA) is 42.0 Å². The Hall–Kier alpha value is -2.08. The van der Waals surface area contributed by atoms with E-state index in [9.17, 15) is 4.79 Å². The normalized spacial score (nSPS) is 33.2. The zero-order valence-corrected chi connectivity index (χ0v) is 14.0. The average molecular weight is 320 g/mol. The lowest BCUT2D eigenvalue weighted by atomic mass is 9.50. The third-order valence-electron chi connectivity index (χ3n) is 5.85. The van der Waals surface area contributed by atoms with Crippen molar-refractivity contribution in [3.8, 4) is 11.8 Å². The molecule has 0 aromatic carbocycles. The number of aromatic nitrogens is 1. The van der Waals surface area contributed by atoms with Crippen LogP contribution in [-0.2, 0) is 4.79 Å². The second-order valence-corrected chi connectivity index (χ2v) is 7.84. The summed E-state index contributed by atoms with van der Waals surface area (Å²) < 4.78 is 0. The highest BCUT2D eigenvalue weighted by molar-refractivity contribution is 5.91. The molecule has 4 aliphatic rings. The Morgan fingerprint density at radius 3 is 2.58 bits per heavy atom. The van der Waals surface area contributed by atoms with Gasteiger partial charge in [-0.1, -0.05) is 17.9 Å². The molecule has 4 fully saturated rings. The standard InChI is InChI=1S/C21H24N2O/c24-20(5-4-16-3-1-7-22-15-16)23-8-2-6-21-12-17-9-18(13-21)11-19(10-17)14-21/h1,3-5,7,15,17-19H,8-14H2,(H,23,24). The van der Waals surface area contributed by atoms with Gasteiger partial charge in [-0.2, -0.15) is 0 Å². The van der Waals surface area contributed by atoms with E-state index in [1.165, 1.54) is 38.5 Å². The largest absolute Gasteiger partial charge is 0.342 e. The van der Waals surface area contributed by atoms with Gasteiger partial charge >= 0.3 is 0 Å². The van der Waals surface area contributed by atoms with Gasteiger partial charge in [0.1, 0.15) is 0 Å². The smallest absolute Gasteiger partial charge is 0.244 e. The molecular weight excluding hydrogens is 296 g/mol. The number of hydrogen-bond donors (Lipinski definition) is 1. The Labute approximate surface area is 143 Å². The summed E-state index contributed by atoms with van der Waals surface area (Å²) in [6.07, 6.45) is 15.0. The van der Waals surface area contributed by atoms with Gasteiger partial charge in [0, 0.05) is 23.9 Å². The van der Waals surface area contributed by atoms with Gasteiger partial charge in [-0.25, -0.2) is 0 Å². The summed E-state index contributed by atoms with van der Waals surface area (Å²) in [6.45, 7) is 0.442. The quantitative estimate of drug-likeness (QED) is 0.685. The van der Waals surface area contributed by atoms with Crippen LogP contribution >= 0.6 is 0 Å². The summed E-state index contributed by atoms with van der Waals surface area (Å²) in [5.41, 5.74) is 1.19. The Bertz CT molecular complexity index is 660. The third-order valence-corrected chi connectivity index (χ3v) is 5.85. The molecule has 4 bridgehead atoms. The summed E-state index contributed by atoms with van der Waals surface area (Å²) in [4.78, 5) is 15.9. The van der Waals surface area contributed by atoms with Gasteiger partial charge in [-0.3, -0.25) is 9.78 Å². The third kappa shape index (κ3) is 3.38. The predicted molar refractivity (Wildman–Crippen MR) is 94.7 cm³/mol. The molecular formula is C21H24N2O. The number of amides is 1. The van der Waals surface area contributed by atoms with Crippen LogP contribution in [-0.4, -0.2) is 17.4 Å². The molecule has 4 saturated carbocycles. The van der Waals surface area contributed by atoms with E-state index in [1.807, 2.05) is 12.1 Å². The number of carbonyl (C=O) groups excluding carboxylic acids is 1. The van der Waals surface area contributed by atoms with Crippen LogP contribution in [0.3, 0.4) is 0 Å². The first-order valence-corrected chi connectivity index (χ1v) is 9.07. The number of pyridine rings is 1. The number of carbonyl (C=O) groups is 1. The molecule has 1 aromatic rings. The van der Waals surface area contributed by atoms with Gasteiger partial charge in [-0.05, 0) is 74.0 Å². The summed E-state index contributed by atoms with van der Waals surface area (Å²) in [6, 6.07) is 3.78. The predicted octanol–water partition coefficient (Wildman–Crippen LogP) is 3.43. The van der Waals surface area contributed by atoms with Gasteiger partial charge in [0.15, 0.2) is 0 Å². The summed E-state index contributed by atoms with van der Waals surface area (Å²) >= 11 is 0. The zero-order valence-electron chi connectivity index (χ0n) is 14.0. The first kappa shape index (κ1) is 15.4. The van der Waals surface area contributed by atoms with E-state index in [0.717, 1.165) is 23.3 Å².